The molecule has 3 heteroatoms. The van der Waals surface area contributed by atoms with Gasteiger partial charge in [-0.15, -0.1) is 11.3 Å². The standard InChI is InChI=1S/C30H21OPS/c31-32(24-15-6-2-7-16-24,25-17-8-3-9-18-25)30-28(23-13-4-1-5-14-23)29-26-19-11-10-12-22(26)20-21-27(29)33-30/h1-21H. The molecule has 5 aromatic carbocycles. The highest BCUT2D eigenvalue weighted by atomic mass is 32.1. The number of fused-ring (bicyclic) bond motifs is 3. The summed E-state index contributed by atoms with van der Waals surface area (Å²) in [6, 6.07) is 43.2. The third kappa shape index (κ3) is 3.26. The topological polar surface area (TPSA) is 17.1 Å². The van der Waals surface area contributed by atoms with Crippen LogP contribution in [0.3, 0.4) is 0 Å². The predicted octanol–water partition coefficient (Wildman–Crippen LogP) is 7.36. The number of hydrogen-bond acceptors (Lipinski definition) is 2. The molecular formula is C30H21OPS. The Morgan fingerprint density at radius 3 is 1.73 bits per heavy atom. The third-order valence-corrected chi connectivity index (χ3v) is 11.0. The van der Waals surface area contributed by atoms with Gasteiger partial charge in [0.1, 0.15) is 0 Å². The van der Waals surface area contributed by atoms with Crippen molar-refractivity contribution in [2.24, 2.45) is 0 Å². The van der Waals surface area contributed by atoms with E-state index < -0.39 is 7.14 Å². The highest BCUT2D eigenvalue weighted by Crippen LogP contribution is 2.51. The summed E-state index contributed by atoms with van der Waals surface area (Å²) >= 11 is 1.67. The summed E-state index contributed by atoms with van der Waals surface area (Å²) in [5, 5.41) is 5.31. The zero-order valence-corrected chi connectivity index (χ0v) is 19.6. The first-order valence-electron chi connectivity index (χ1n) is 11.0. The Morgan fingerprint density at radius 1 is 0.545 bits per heavy atom. The fourth-order valence-electron chi connectivity index (χ4n) is 4.61. The van der Waals surface area contributed by atoms with Crippen LogP contribution in [0.25, 0.3) is 32.0 Å². The van der Waals surface area contributed by atoms with Crippen molar-refractivity contribution in [1.29, 1.82) is 0 Å². The van der Waals surface area contributed by atoms with Gasteiger partial charge in [0.15, 0.2) is 7.14 Å². The van der Waals surface area contributed by atoms with Crippen molar-refractivity contribution in [2.45, 2.75) is 0 Å². The molecule has 33 heavy (non-hydrogen) atoms. The minimum atomic E-state index is -3.11. The first kappa shape index (κ1) is 20.2. The van der Waals surface area contributed by atoms with Gasteiger partial charge in [-0.2, -0.15) is 0 Å². The Morgan fingerprint density at radius 2 is 1.09 bits per heavy atom. The average molecular weight is 461 g/mol. The smallest absolute Gasteiger partial charge is 0.181 e. The normalized spacial score (nSPS) is 11.8. The molecule has 0 saturated heterocycles. The molecule has 158 valence electrons. The minimum absolute atomic E-state index is 0.865. The van der Waals surface area contributed by atoms with Crippen LogP contribution < -0.4 is 15.2 Å². The first-order chi connectivity index (χ1) is 16.3. The largest absolute Gasteiger partial charge is 0.308 e. The Hall–Kier alpha value is -3.45. The summed E-state index contributed by atoms with van der Waals surface area (Å²) in [7, 11) is -3.11. The minimum Gasteiger partial charge on any atom is -0.308 e. The molecule has 0 spiro atoms. The van der Waals surface area contributed by atoms with Crippen LogP contribution in [0.2, 0.25) is 0 Å². The second kappa shape index (κ2) is 8.15. The molecule has 0 atom stereocenters. The van der Waals surface area contributed by atoms with E-state index in [0.29, 0.717) is 0 Å². The van der Waals surface area contributed by atoms with Crippen molar-refractivity contribution in [2.75, 3.05) is 0 Å². The molecule has 0 saturated carbocycles. The molecule has 6 aromatic rings. The van der Waals surface area contributed by atoms with E-state index >= 15 is 4.57 Å². The maximum atomic E-state index is 15.3. The Balaban J connectivity index is 1.80. The quantitative estimate of drug-likeness (QED) is 0.251. The van der Waals surface area contributed by atoms with E-state index in [4.69, 9.17) is 0 Å². The molecule has 0 N–H and O–H groups in total. The molecule has 0 fully saturated rings. The average Bonchev–Trinajstić information content (AvgIpc) is 3.30. The van der Waals surface area contributed by atoms with Crippen LogP contribution in [-0.4, -0.2) is 0 Å². The second-order valence-electron chi connectivity index (χ2n) is 8.09. The van der Waals surface area contributed by atoms with Crippen molar-refractivity contribution in [3.8, 4) is 11.1 Å². The lowest BCUT2D eigenvalue weighted by molar-refractivity contribution is 0.593. The zero-order valence-electron chi connectivity index (χ0n) is 17.9. The molecule has 0 bridgehead atoms. The summed E-state index contributed by atoms with van der Waals surface area (Å²) in [5.41, 5.74) is 2.19. The fourth-order valence-corrected chi connectivity index (χ4v) is 9.54. The molecule has 0 aliphatic heterocycles. The van der Waals surface area contributed by atoms with Crippen LogP contribution in [0.1, 0.15) is 0 Å². The van der Waals surface area contributed by atoms with Gasteiger partial charge in [0.25, 0.3) is 0 Å². The van der Waals surface area contributed by atoms with Crippen LogP contribution in [0.5, 0.6) is 0 Å². The Kier molecular flexibility index (Phi) is 4.99. The predicted molar refractivity (Wildman–Crippen MR) is 144 cm³/mol. The van der Waals surface area contributed by atoms with Gasteiger partial charge in [-0.1, -0.05) is 121 Å². The van der Waals surface area contributed by atoms with Crippen LogP contribution in [0.15, 0.2) is 127 Å². The monoisotopic (exact) mass is 460 g/mol. The number of hydrogen-bond donors (Lipinski definition) is 0. The molecule has 0 unspecified atom stereocenters. The lowest BCUT2D eigenvalue weighted by Crippen LogP contribution is -2.24. The van der Waals surface area contributed by atoms with E-state index in [1.807, 2.05) is 66.7 Å². The first-order valence-corrected chi connectivity index (χ1v) is 13.5. The summed E-state index contributed by atoms with van der Waals surface area (Å²) in [6.45, 7) is 0. The lowest BCUT2D eigenvalue weighted by Gasteiger charge is -2.20. The molecule has 1 nitrogen and oxygen atoms in total. The molecule has 0 radical (unpaired) electrons. The SMILES string of the molecule is O=P(c1ccccc1)(c1ccccc1)c1sc2ccc3ccccc3c2c1-c1ccccc1. The van der Waals surface area contributed by atoms with Crippen molar-refractivity contribution < 1.29 is 4.57 Å². The number of thiophene rings is 1. The third-order valence-electron chi connectivity index (χ3n) is 6.15. The Bertz CT molecular complexity index is 1580. The summed E-state index contributed by atoms with van der Waals surface area (Å²) in [4.78, 5) is 0. The molecule has 1 heterocycles. The van der Waals surface area contributed by atoms with Crippen molar-refractivity contribution in [3.05, 3.63) is 127 Å². The van der Waals surface area contributed by atoms with E-state index in [9.17, 15) is 0 Å². The zero-order chi connectivity index (χ0) is 22.3. The van der Waals surface area contributed by atoms with Gasteiger partial charge >= 0.3 is 0 Å². The molecule has 0 aliphatic carbocycles. The van der Waals surface area contributed by atoms with Gasteiger partial charge < -0.3 is 4.57 Å². The van der Waals surface area contributed by atoms with Gasteiger partial charge in [0.2, 0.25) is 0 Å². The van der Waals surface area contributed by atoms with Crippen LogP contribution in [0, 0.1) is 0 Å². The van der Waals surface area contributed by atoms with Gasteiger partial charge in [-0.25, -0.2) is 0 Å². The van der Waals surface area contributed by atoms with E-state index in [2.05, 4.69) is 60.7 Å². The molecular weight excluding hydrogens is 439 g/mol. The highest BCUT2D eigenvalue weighted by Gasteiger charge is 2.35. The van der Waals surface area contributed by atoms with Crippen LogP contribution in [-0.2, 0) is 4.57 Å². The van der Waals surface area contributed by atoms with E-state index in [1.54, 1.807) is 11.3 Å². The van der Waals surface area contributed by atoms with E-state index in [-0.39, 0.29) is 0 Å². The maximum absolute atomic E-state index is 15.3. The summed E-state index contributed by atoms with van der Waals surface area (Å²) in [6.07, 6.45) is 0. The molecule has 6 rings (SSSR count). The molecule has 0 aliphatic rings. The highest BCUT2D eigenvalue weighted by molar-refractivity contribution is 7.89. The van der Waals surface area contributed by atoms with Gasteiger partial charge in [0.05, 0.1) is 4.62 Å². The van der Waals surface area contributed by atoms with Gasteiger partial charge in [-0.3, -0.25) is 0 Å². The van der Waals surface area contributed by atoms with Crippen molar-refractivity contribution in [1.82, 2.24) is 0 Å². The number of rotatable bonds is 4. The van der Waals surface area contributed by atoms with Gasteiger partial charge in [-0.05, 0) is 22.4 Å². The molecule has 0 amide bonds. The maximum Gasteiger partial charge on any atom is 0.181 e. The molecule has 1 aromatic heterocycles. The summed E-state index contributed by atoms with van der Waals surface area (Å²) < 4.78 is 17.4. The van der Waals surface area contributed by atoms with Crippen LogP contribution in [0.4, 0.5) is 0 Å². The van der Waals surface area contributed by atoms with E-state index in [1.165, 1.54) is 16.2 Å². The van der Waals surface area contributed by atoms with Crippen molar-refractivity contribution in [3.63, 3.8) is 0 Å². The van der Waals surface area contributed by atoms with Crippen molar-refractivity contribution >= 4 is 54.6 Å². The van der Waals surface area contributed by atoms with E-state index in [0.717, 1.165) is 31.1 Å². The lowest BCUT2D eigenvalue weighted by atomic mass is 9.99. The fraction of sp³-hybridized carbons (Fsp3) is 0. The number of benzene rings is 5. The van der Waals surface area contributed by atoms with Crippen LogP contribution >= 0.6 is 18.5 Å². The Labute approximate surface area is 197 Å². The summed E-state index contributed by atoms with van der Waals surface area (Å²) in [5.74, 6) is 0. The van der Waals surface area contributed by atoms with Gasteiger partial charge in [0, 0.05) is 26.3 Å². The second-order valence-corrected chi connectivity index (χ2v) is 12.1.